The SMILES string of the molecule is CC#CC#CC#CC#CC#CC#CC(=O)OC[C@H](COP(=O)([O-])[O-])OC(=O)CCCCCCCCCCCC.S.[HH].[HH].[HH].[HH].[HH].[HH].[HH].[HH].[HH].[HH].[HH].[Na+].[Na+]. The number of hydrogen-bond donors (Lipinski definition) is 0. The van der Waals surface area contributed by atoms with Crippen LogP contribution in [0.4, 0.5) is 0 Å². The van der Waals surface area contributed by atoms with Crippen molar-refractivity contribution < 1.29 is 113 Å². The fourth-order valence-electron chi connectivity index (χ4n) is 2.89. The van der Waals surface area contributed by atoms with E-state index >= 15 is 0 Å². The summed E-state index contributed by atoms with van der Waals surface area (Å²) in [6.45, 7) is 2.51. The van der Waals surface area contributed by atoms with Crippen LogP contribution in [0, 0.1) is 71.0 Å². The van der Waals surface area contributed by atoms with Crippen LogP contribution in [0.1, 0.15) is 100 Å². The number of unbranched alkanes of at least 4 members (excludes halogenated alkanes) is 9. The zero-order valence-corrected chi connectivity index (χ0v) is 30.9. The largest absolute Gasteiger partial charge is 1.00 e. The van der Waals surface area contributed by atoms with Crippen molar-refractivity contribution in [2.24, 2.45) is 0 Å². The van der Waals surface area contributed by atoms with E-state index in [1.807, 2.05) is 0 Å². The number of carbonyl (C=O) groups is 2. The third kappa shape index (κ3) is 36.8. The van der Waals surface area contributed by atoms with Gasteiger partial charge in [0.15, 0.2) is 6.10 Å². The van der Waals surface area contributed by atoms with Crippen LogP contribution < -0.4 is 68.9 Å². The molecular formula is C30H57Na2O8PS. The quantitative estimate of drug-likeness (QED) is 0.0512. The third-order valence-electron chi connectivity index (χ3n) is 4.70. The summed E-state index contributed by atoms with van der Waals surface area (Å²) >= 11 is 0. The van der Waals surface area contributed by atoms with Gasteiger partial charge in [-0.3, -0.25) is 4.79 Å². The van der Waals surface area contributed by atoms with E-state index in [1.54, 1.807) is 6.92 Å². The molecule has 0 aromatic carbocycles. The first-order valence-corrected chi connectivity index (χ1v) is 14.2. The Morgan fingerprint density at radius 3 is 1.67 bits per heavy atom. The van der Waals surface area contributed by atoms with E-state index in [0.717, 1.165) is 19.3 Å². The number of esters is 2. The number of phosphoric acid groups is 1. The Balaban J connectivity index is -0.0000000793. The van der Waals surface area contributed by atoms with Crippen molar-refractivity contribution in [3.05, 3.63) is 0 Å². The van der Waals surface area contributed by atoms with Gasteiger partial charge in [0.25, 0.3) is 0 Å². The van der Waals surface area contributed by atoms with Crippen molar-refractivity contribution in [2.45, 2.75) is 90.6 Å². The Bertz CT molecular complexity index is 1240. The summed E-state index contributed by atoms with van der Waals surface area (Å²) in [4.78, 5) is 45.5. The summed E-state index contributed by atoms with van der Waals surface area (Å²) in [5.41, 5.74) is 0. The summed E-state index contributed by atoms with van der Waals surface area (Å²) in [6.07, 6.45) is 9.80. The molecule has 0 saturated heterocycles. The molecule has 0 N–H and O–H groups in total. The van der Waals surface area contributed by atoms with Gasteiger partial charge in [-0.2, -0.15) is 13.5 Å². The second-order valence-electron chi connectivity index (χ2n) is 8.01. The normalized spacial score (nSPS) is 9.24. The Labute approximate surface area is 318 Å². The second-order valence-corrected chi connectivity index (χ2v) is 9.16. The molecule has 1 atom stereocenters. The molecule has 0 radical (unpaired) electrons. The average molecular weight is 655 g/mol. The van der Waals surface area contributed by atoms with E-state index in [1.165, 1.54) is 38.5 Å². The zero-order chi connectivity index (χ0) is 29.0. The minimum absolute atomic E-state index is 0. The van der Waals surface area contributed by atoms with Crippen LogP contribution in [0.25, 0.3) is 0 Å². The summed E-state index contributed by atoms with van der Waals surface area (Å²) in [6, 6.07) is 0. The van der Waals surface area contributed by atoms with Gasteiger partial charge in [-0.25, -0.2) is 4.79 Å². The molecule has 0 rings (SSSR count). The zero-order valence-electron chi connectivity index (χ0n) is 25.0. The molecule has 0 aliphatic heterocycles. The van der Waals surface area contributed by atoms with Crippen molar-refractivity contribution >= 4 is 33.3 Å². The maximum absolute atomic E-state index is 12.1. The Hall–Kier alpha value is -1.24. The van der Waals surface area contributed by atoms with Crippen molar-refractivity contribution in [1.82, 2.24) is 0 Å². The molecule has 0 heterocycles. The van der Waals surface area contributed by atoms with Crippen LogP contribution in [0.15, 0.2) is 0 Å². The molecule has 8 nitrogen and oxygen atoms in total. The van der Waals surface area contributed by atoms with Crippen molar-refractivity contribution in [3.8, 4) is 71.0 Å². The minimum atomic E-state index is -5.31. The van der Waals surface area contributed by atoms with E-state index < -0.39 is 39.1 Å². The third-order valence-corrected chi connectivity index (χ3v) is 5.17. The standard InChI is InChI=1S/C30H35O8P.2Na.H2S.11H2/c1-3-5-7-9-11-13-15-17-18-20-22-24-29(31)36-26-28(27-37-39(33,34)35)38-30(32)25-23-21-19-16-14-12-10-8-6-4-2;;;;;;;;;;;;;;/h28H,4,6,8,10,12,14,16,19,21,23,25-27H2,1-2H3,(H2,33,34,35);;;1H2;11*1H/q;2*+1;;;;;;;;;;;;/p-2/t28-;;;;;;;;;;;;;;/m1............../s1. The van der Waals surface area contributed by atoms with Crippen LogP contribution in [-0.4, -0.2) is 31.3 Å². The number of hydrogen-bond acceptors (Lipinski definition) is 8. The first-order chi connectivity index (χ1) is 18.8. The Kier molecular flexibility index (Phi) is 38.9. The van der Waals surface area contributed by atoms with Crippen LogP contribution in [0.3, 0.4) is 0 Å². The molecule has 0 fully saturated rings. The molecule has 42 heavy (non-hydrogen) atoms. The van der Waals surface area contributed by atoms with Gasteiger partial charge in [-0.1, -0.05) is 70.6 Å². The number of rotatable bonds is 17. The first-order valence-electron chi connectivity index (χ1n) is 12.7. The molecule has 0 saturated carbocycles. The maximum Gasteiger partial charge on any atom is 1.00 e. The molecule has 12 heteroatoms. The monoisotopic (exact) mass is 654 g/mol. The van der Waals surface area contributed by atoms with Crippen molar-refractivity contribution in [3.63, 3.8) is 0 Å². The summed E-state index contributed by atoms with van der Waals surface area (Å²) in [7, 11) is -5.31. The molecule has 238 valence electrons. The molecular weight excluding hydrogens is 597 g/mol. The topological polar surface area (TPSA) is 125 Å². The van der Waals surface area contributed by atoms with Gasteiger partial charge in [0.05, 0.1) is 14.4 Å². The van der Waals surface area contributed by atoms with Gasteiger partial charge in [-0.15, -0.1) is 0 Å². The van der Waals surface area contributed by atoms with Gasteiger partial charge in [0.2, 0.25) is 0 Å². The molecule has 0 aromatic rings. The average Bonchev–Trinajstić information content (AvgIpc) is 2.89. The van der Waals surface area contributed by atoms with Crippen molar-refractivity contribution in [2.75, 3.05) is 13.2 Å². The Morgan fingerprint density at radius 1 is 0.738 bits per heavy atom. The first kappa shape index (κ1) is 47.7. The molecule has 0 aromatic heterocycles. The minimum Gasteiger partial charge on any atom is -0.790 e. The summed E-state index contributed by atoms with van der Waals surface area (Å²) in [5.74, 6) is 27.1. The van der Waals surface area contributed by atoms with Crippen LogP contribution >= 0.6 is 21.3 Å². The van der Waals surface area contributed by atoms with Gasteiger partial charge >= 0.3 is 71.1 Å². The molecule has 0 aliphatic rings. The van der Waals surface area contributed by atoms with E-state index in [2.05, 4.69) is 82.5 Å². The predicted molar refractivity (Wildman–Crippen MR) is 177 cm³/mol. The fraction of sp³-hybridized carbons (Fsp3) is 0.533. The van der Waals surface area contributed by atoms with Crippen LogP contribution in [0.2, 0.25) is 0 Å². The number of carbonyl (C=O) groups excluding carboxylic acids is 2. The second kappa shape index (κ2) is 34.3. The van der Waals surface area contributed by atoms with Gasteiger partial charge in [0, 0.05) is 28.0 Å². The summed E-state index contributed by atoms with van der Waals surface area (Å²) < 4.78 is 24.9. The van der Waals surface area contributed by atoms with Gasteiger partial charge < -0.3 is 28.3 Å². The maximum atomic E-state index is 12.1. The smallest absolute Gasteiger partial charge is 0.790 e. The van der Waals surface area contributed by atoms with Crippen LogP contribution in [-0.2, 0) is 28.2 Å². The molecule has 0 amide bonds. The van der Waals surface area contributed by atoms with E-state index in [9.17, 15) is 23.9 Å². The summed E-state index contributed by atoms with van der Waals surface area (Å²) in [5, 5.41) is 0. The van der Waals surface area contributed by atoms with Gasteiger partial charge in [0.1, 0.15) is 6.61 Å². The molecule has 0 aliphatic carbocycles. The van der Waals surface area contributed by atoms with E-state index in [-0.39, 0.29) is 94.7 Å². The number of phosphoric ester groups is 1. The fourth-order valence-corrected chi connectivity index (χ4v) is 3.24. The van der Waals surface area contributed by atoms with Gasteiger partial charge in [-0.05, 0) is 72.5 Å². The molecule has 0 bridgehead atoms. The molecule has 0 spiro atoms. The number of ether oxygens (including phenoxy) is 2. The Morgan fingerprint density at radius 2 is 1.19 bits per heavy atom. The predicted octanol–water partition coefficient (Wildman–Crippen LogP) is -0.535. The molecule has 0 unspecified atom stereocenters. The van der Waals surface area contributed by atoms with Crippen molar-refractivity contribution in [1.29, 1.82) is 0 Å². The van der Waals surface area contributed by atoms with E-state index in [0.29, 0.717) is 6.42 Å². The van der Waals surface area contributed by atoms with E-state index in [4.69, 9.17) is 9.47 Å². The van der Waals surface area contributed by atoms with Crippen LogP contribution in [0.5, 0.6) is 0 Å².